The summed E-state index contributed by atoms with van der Waals surface area (Å²) in [6, 6.07) is 2.23. The van der Waals surface area contributed by atoms with E-state index >= 15 is 0 Å². The van der Waals surface area contributed by atoms with Gasteiger partial charge in [-0.1, -0.05) is 12.2 Å². The van der Waals surface area contributed by atoms with Crippen LogP contribution in [0.2, 0.25) is 0 Å². The highest BCUT2D eigenvalue weighted by atomic mass is 32.1. The Morgan fingerprint density at radius 3 is 2.76 bits per heavy atom. The smallest absolute Gasteiger partial charge is 0.231 e. The number of rotatable bonds is 2. The van der Waals surface area contributed by atoms with Crippen molar-refractivity contribution in [3.05, 3.63) is 27.0 Å². The van der Waals surface area contributed by atoms with Crippen molar-refractivity contribution in [2.45, 2.75) is 39.4 Å². The van der Waals surface area contributed by atoms with E-state index in [4.69, 9.17) is 27.1 Å². The van der Waals surface area contributed by atoms with Crippen LogP contribution in [0.4, 0.5) is 0 Å². The average Bonchev–Trinajstić information content (AvgIpc) is 2.41. The Labute approximate surface area is 129 Å². The second-order valence-corrected chi connectivity index (χ2v) is 6.03. The molecule has 6 heteroatoms. The standard InChI is InChI=1S/C15H19N3O2S/c1-5-19-13(17)12-10(7-16)9-6-15(2,3)20-8-11(9)14(21)18(12)4/h17H,5-6,8H2,1-4H3. The molecule has 1 N–H and O–H groups in total. The molecule has 5 nitrogen and oxygen atoms in total. The second kappa shape index (κ2) is 5.58. The number of aromatic nitrogens is 1. The fraction of sp³-hybridized carbons (Fsp3) is 0.533. The zero-order valence-electron chi connectivity index (χ0n) is 12.7. The molecule has 0 atom stereocenters. The number of nitrogens with zero attached hydrogens (tertiary/aromatic N) is 2. The van der Waals surface area contributed by atoms with Crippen LogP contribution in [0.3, 0.4) is 0 Å². The molecule has 0 radical (unpaired) electrons. The predicted molar refractivity (Wildman–Crippen MR) is 82.0 cm³/mol. The van der Waals surface area contributed by atoms with Crippen LogP contribution in [-0.4, -0.2) is 22.7 Å². The highest BCUT2D eigenvalue weighted by Gasteiger charge is 2.32. The minimum Gasteiger partial charge on any atom is -0.477 e. The Hall–Kier alpha value is -1.71. The first-order chi connectivity index (χ1) is 9.82. The number of nitriles is 1. The number of fused-ring (bicyclic) bond motifs is 1. The van der Waals surface area contributed by atoms with Gasteiger partial charge in [-0.25, -0.2) is 0 Å². The molecule has 1 aliphatic rings. The summed E-state index contributed by atoms with van der Waals surface area (Å²) < 4.78 is 13.4. The zero-order chi connectivity index (χ0) is 15.8. The van der Waals surface area contributed by atoms with Crippen LogP contribution in [0.1, 0.15) is 43.2 Å². The molecule has 0 unspecified atom stereocenters. The van der Waals surface area contributed by atoms with Gasteiger partial charge in [0.25, 0.3) is 0 Å². The monoisotopic (exact) mass is 305 g/mol. The van der Waals surface area contributed by atoms with Gasteiger partial charge in [-0.3, -0.25) is 5.41 Å². The number of hydrogen-bond acceptors (Lipinski definition) is 5. The SMILES string of the molecule is CCOC(=N)c1c(C#N)c2c(c(=S)n1C)COC(C)(C)C2. The molecule has 0 aliphatic carbocycles. The van der Waals surface area contributed by atoms with E-state index in [1.165, 1.54) is 0 Å². The Bertz CT molecular complexity index is 698. The highest BCUT2D eigenvalue weighted by molar-refractivity contribution is 7.71. The molecular weight excluding hydrogens is 286 g/mol. The Morgan fingerprint density at radius 2 is 2.19 bits per heavy atom. The molecule has 0 saturated carbocycles. The highest BCUT2D eigenvalue weighted by Crippen LogP contribution is 2.32. The summed E-state index contributed by atoms with van der Waals surface area (Å²) in [6.07, 6.45) is 0.599. The molecule has 1 aromatic heterocycles. The van der Waals surface area contributed by atoms with Crippen molar-refractivity contribution in [2.24, 2.45) is 7.05 Å². The van der Waals surface area contributed by atoms with Crippen molar-refractivity contribution in [1.29, 1.82) is 10.7 Å². The first-order valence-corrected chi connectivity index (χ1v) is 7.23. The van der Waals surface area contributed by atoms with Gasteiger partial charge in [0.05, 0.1) is 24.4 Å². The van der Waals surface area contributed by atoms with E-state index in [1.807, 2.05) is 20.8 Å². The Balaban J connectivity index is 2.75. The minimum atomic E-state index is -0.342. The van der Waals surface area contributed by atoms with Gasteiger partial charge in [0.1, 0.15) is 16.4 Å². The predicted octanol–water partition coefficient (Wildman–Crippen LogP) is 2.84. The number of pyridine rings is 1. The molecule has 112 valence electrons. The van der Waals surface area contributed by atoms with Gasteiger partial charge in [0.2, 0.25) is 5.90 Å². The first-order valence-electron chi connectivity index (χ1n) is 6.83. The van der Waals surface area contributed by atoms with Crippen LogP contribution < -0.4 is 0 Å². The van der Waals surface area contributed by atoms with Crippen molar-refractivity contribution in [3.63, 3.8) is 0 Å². The van der Waals surface area contributed by atoms with Crippen molar-refractivity contribution >= 4 is 18.1 Å². The molecule has 21 heavy (non-hydrogen) atoms. The summed E-state index contributed by atoms with van der Waals surface area (Å²) in [5, 5.41) is 17.6. The number of ether oxygens (including phenoxy) is 2. The fourth-order valence-corrected chi connectivity index (χ4v) is 2.86. The molecule has 0 aromatic carbocycles. The fourth-order valence-electron chi connectivity index (χ4n) is 2.58. The maximum Gasteiger partial charge on any atom is 0.231 e. The van der Waals surface area contributed by atoms with Gasteiger partial charge in [0, 0.05) is 19.0 Å². The summed E-state index contributed by atoms with van der Waals surface area (Å²) in [5.74, 6) is -0.0188. The van der Waals surface area contributed by atoms with Crippen LogP contribution in [0.5, 0.6) is 0 Å². The van der Waals surface area contributed by atoms with E-state index in [0.29, 0.717) is 35.5 Å². The van der Waals surface area contributed by atoms with Crippen LogP contribution in [0.25, 0.3) is 0 Å². The largest absolute Gasteiger partial charge is 0.477 e. The van der Waals surface area contributed by atoms with Gasteiger partial charge >= 0.3 is 0 Å². The minimum absolute atomic E-state index is 0.0188. The van der Waals surface area contributed by atoms with Gasteiger partial charge in [-0.05, 0) is 26.3 Å². The lowest BCUT2D eigenvalue weighted by molar-refractivity contribution is -0.0407. The van der Waals surface area contributed by atoms with E-state index in [2.05, 4.69) is 6.07 Å². The van der Waals surface area contributed by atoms with Gasteiger partial charge in [-0.2, -0.15) is 5.26 Å². The third-order valence-electron chi connectivity index (χ3n) is 3.63. The maximum absolute atomic E-state index is 9.59. The van der Waals surface area contributed by atoms with Crippen LogP contribution >= 0.6 is 12.2 Å². The molecule has 1 aliphatic heterocycles. The van der Waals surface area contributed by atoms with Crippen LogP contribution in [-0.2, 0) is 29.5 Å². The molecule has 0 amide bonds. The first kappa shape index (κ1) is 15.7. The Kier molecular flexibility index (Phi) is 4.17. The normalized spacial score (nSPS) is 16.0. The van der Waals surface area contributed by atoms with E-state index in [9.17, 15) is 5.26 Å². The van der Waals surface area contributed by atoms with Crippen molar-refractivity contribution in [1.82, 2.24) is 4.57 Å². The van der Waals surface area contributed by atoms with Crippen LogP contribution in [0, 0.1) is 21.4 Å². The second-order valence-electron chi connectivity index (χ2n) is 5.64. The lowest BCUT2D eigenvalue weighted by Crippen LogP contribution is -2.34. The summed E-state index contributed by atoms with van der Waals surface area (Å²) in [5.41, 5.74) is 2.33. The van der Waals surface area contributed by atoms with Crippen molar-refractivity contribution < 1.29 is 9.47 Å². The lowest BCUT2D eigenvalue weighted by Gasteiger charge is -2.33. The van der Waals surface area contributed by atoms with E-state index < -0.39 is 0 Å². The van der Waals surface area contributed by atoms with Crippen molar-refractivity contribution in [2.75, 3.05) is 6.61 Å². The van der Waals surface area contributed by atoms with Gasteiger partial charge < -0.3 is 14.0 Å². The third-order valence-corrected chi connectivity index (χ3v) is 4.15. The van der Waals surface area contributed by atoms with E-state index in [0.717, 1.165) is 11.1 Å². The van der Waals surface area contributed by atoms with Gasteiger partial charge in [0.15, 0.2) is 0 Å². The quantitative estimate of drug-likeness (QED) is 0.518. The summed E-state index contributed by atoms with van der Waals surface area (Å²) >= 11 is 5.47. The number of nitrogens with one attached hydrogen (secondary N) is 1. The molecule has 0 saturated heterocycles. The lowest BCUT2D eigenvalue weighted by atomic mass is 9.88. The van der Waals surface area contributed by atoms with E-state index in [1.54, 1.807) is 11.6 Å². The molecule has 0 spiro atoms. The Morgan fingerprint density at radius 1 is 1.52 bits per heavy atom. The third kappa shape index (κ3) is 2.71. The zero-order valence-corrected chi connectivity index (χ0v) is 13.6. The summed E-state index contributed by atoms with van der Waals surface area (Å²) in [4.78, 5) is 0. The topological polar surface area (TPSA) is 71.0 Å². The molecule has 2 rings (SSSR count). The molecule has 2 heterocycles. The van der Waals surface area contributed by atoms with Crippen molar-refractivity contribution in [3.8, 4) is 6.07 Å². The number of hydrogen-bond donors (Lipinski definition) is 1. The summed E-state index contributed by atoms with van der Waals surface area (Å²) in [7, 11) is 1.76. The average molecular weight is 305 g/mol. The molecule has 0 fully saturated rings. The van der Waals surface area contributed by atoms with Gasteiger partial charge in [-0.15, -0.1) is 0 Å². The molecule has 1 aromatic rings. The summed E-state index contributed by atoms with van der Waals surface area (Å²) in [6.45, 7) is 6.56. The molecule has 0 bridgehead atoms. The molecular formula is C15H19N3O2S. The van der Waals surface area contributed by atoms with E-state index in [-0.39, 0.29) is 11.5 Å². The maximum atomic E-state index is 9.59. The van der Waals surface area contributed by atoms with Crippen LogP contribution in [0.15, 0.2) is 0 Å².